The van der Waals surface area contributed by atoms with Gasteiger partial charge in [-0.05, 0) is 42.0 Å². The Morgan fingerprint density at radius 1 is 1.18 bits per heavy atom. The molecule has 150 valence electrons. The van der Waals surface area contributed by atoms with Crippen molar-refractivity contribution in [1.82, 2.24) is 10.2 Å². The van der Waals surface area contributed by atoms with E-state index in [9.17, 15) is 14.0 Å². The lowest BCUT2D eigenvalue weighted by molar-refractivity contribution is -0.140. The van der Waals surface area contributed by atoms with Gasteiger partial charge in [0.1, 0.15) is 17.7 Å². The predicted octanol–water partition coefficient (Wildman–Crippen LogP) is 4.64. The van der Waals surface area contributed by atoms with Crippen molar-refractivity contribution in [2.75, 3.05) is 5.88 Å². The number of carbonyl (C=O) groups is 2. The topological polar surface area (TPSA) is 49.4 Å². The number of hydrogen-bond acceptors (Lipinski definition) is 3. The first-order valence-corrected chi connectivity index (χ1v) is 10.9. The average Bonchev–Trinajstić information content (AvgIpc) is 3.23. The van der Waals surface area contributed by atoms with Crippen LogP contribution >= 0.6 is 22.9 Å². The molecule has 1 aromatic carbocycles. The fraction of sp³-hybridized carbons (Fsp3) is 0.429. The molecule has 0 saturated heterocycles. The van der Waals surface area contributed by atoms with Crippen LogP contribution in [0.5, 0.6) is 0 Å². The van der Waals surface area contributed by atoms with Gasteiger partial charge in [0.05, 0.1) is 0 Å². The molecule has 4 nitrogen and oxygen atoms in total. The van der Waals surface area contributed by atoms with Crippen molar-refractivity contribution in [2.24, 2.45) is 0 Å². The largest absolute Gasteiger partial charge is 0.351 e. The van der Waals surface area contributed by atoms with Gasteiger partial charge in [-0.2, -0.15) is 0 Å². The summed E-state index contributed by atoms with van der Waals surface area (Å²) in [5.74, 6) is -1.08. The molecule has 1 aliphatic rings. The number of hydrogen-bond donors (Lipinski definition) is 1. The molecule has 2 amide bonds. The van der Waals surface area contributed by atoms with E-state index in [1.165, 1.54) is 34.8 Å². The van der Waals surface area contributed by atoms with Gasteiger partial charge in [0, 0.05) is 17.5 Å². The van der Waals surface area contributed by atoms with Crippen LogP contribution in [0, 0.1) is 5.82 Å². The van der Waals surface area contributed by atoms with Crippen molar-refractivity contribution in [3.8, 4) is 0 Å². The first-order chi connectivity index (χ1) is 13.6. The second-order valence-corrected chi connectivity index (χ2v) is 8.29. The summed E-state index contributed by atoms with van der Waals surface area (Å²) in [5.41, 5.74) is 0.742. The Hall–Kier alpha value is -1.92. The van der Waals surface area contributed by atoms with Crippen molar-refractivity contribution in [2.45, 2.75) is 50.7 Å². The van der Waals surface area contributed by atoms with Crippen LogP contribution in [-0.4, -0.2) is 28.6 Å². The van der Waals surface area contributed by atoms with E-state index in [2.05, 4.69) is 5.32 Å². The van der Waals surface area contributed by atoms with Gasteiger partial charge in [0.2, 0.25) is 11.8 Å². The number of amides is 2. The maximum Gasteiger partial charge on any atom is 0.248 e. The van der Waals surface area contributed by atoms with Crippen molar-refractivity contribution < 1.29 is 14.0 Å². The summed E-state index contributed by atoms with van der Waals surface area (Å²) in [5, 5.41) is 5.02. The smallest absolute Gasteiger partial charge is 0.248 e. The number of nitrogens with one attached hydrogen (secondary N) is 1. The Bertz CT molecular complexity index is 776. The molecule has 7 heteroatoms. The van der Waals surface area contributed by atoms with Crippen molar-refractivity contribution in [3.63, 3.8) is 0 Å². The molecular formula is C21H24ClFN2O2S. The van der Waals surface area contributed by atoms with Crippen LogP contribution in [-0.2, 0) is 16.1 Å². The van der Waals surface area contributed by atoms with E-state index >= 15 is 0 Å². The van der Waals surface area contributed by atoms with Gasteiger partial charge in [-0.1, -0.05) is 37.5 Å². The van der Waals surface area contributed by atoms with Crippen LogP contribution in [0.25, 0.3) is 0 Å². The van der Waals surface area contributed by atoms with E-state index in [-0.39, 0.29) is 36.1 Å². The summed E-state index contributed by atoms with van der Waals surface area (Å²) < 4.78 is 13.3. The number of nitrogens with zero attached hydrogens (tertiary/aromatic N) is 1. The van der Waals surface area contributed by atoms with Crippen LogP contribution in [0.2, 0.25) is 0 Å². The lowest BCUT2D eigenvalue weighted by atomic mass is 9.95. The summed E-state index contributed by atoms with van der Waals surface area (Å²) in [6.45, 7) is 0.187. The predicted molar refractivity (Wildman–Crippen MR) is 110 cm³/mol. The van der Waals surface area contributed by atoms with Crippen molar-refractivity contribution in [3.05, 3.63) is 58.0 Å². The summed E-state index contributed by atoms with van der Waals surface area (Å²) in [6, 6.07) is 9.04. The molecule has 1 N–H and O–H groups in total. The molecule has 1 heterocycles. The second kappa shape index (κ2) is 10.0. The summed E-state index contributed by atoms with van der Waals surface area (Å²) in [7, 11) is 0. The van der Waals surface area contributed by atoms with E-state index in [1.807, 2.05) is 17.5 Å². The van der Waals surface area contributed by atoms with Crippen LogP contribution in [0.3, 0.4) is 0 Å². The first-order valence-electron chi connectivity index (χ1n) is 9.52. The Morgan fingerprint density at radius 2 is 1.89 bits per heavy atom. The van der Waals surface area contributed by atoms with E-state index < -0.39 is 6.04 Å². The summed E-state index contributed by atoms with van der Waals surface area (Å²) in [6.07, 6.45) is 5.33. The molecule has 1 saturated carbocycles. The minimum absolute atomic E-state index is 0.141. The highest BCUT2D eigenvalue weighted by molar-refractivity contribution is 7.10. The van der Waals surface area contributed by atoms with Gasteiger partial charge in [-0.3, -0.25) is 9.59 Å². The molecule has 1 aromatic heterocycles. The lowest BCUT2D eigenvalue weighted by Crippen LogP contribution is -2.47. The van der Waals surface area contributed by atoms with Gasteiger partial charge in [-0.15, -0.1) is 22.9 Å². The number of benzene rings is 1. The maximum absolute atomic E-state index is 13.3. The second-order valence-electron chi connectivity index (χ2n) is 7.04. The van der Waals surface area contributed by atoms with Crippen LogP contribution in [0.4, 0.5) is 4.39 Å². The van der Waals surface area contributed by atoms with Crippen molar-refractivity contribution >= 4 is 34.8 Å². The number of carbonyl (C=O) groups excluding carboxylic acids is 2. The molecule has 2 aromatic rings. The van der Waals surface area contributed by atoms with Crippen LogP contribution in [0.15, 0.2) is 41.8 Å². The quantitative estimate of drug-likeness (QED) is 0.660. The van der Waals surface area contributed by atoms with Gasteiger partial charge < -0.3 is 10.2 Å². The van der Waals surface area contributed by atoms with E-state index in [0.29, 0.717) is 0 Å². The minimum atomic E-state index is -0.752. The van der Waals surface area contributed by atoms with Crippen molar-refractivity contribution in [1.29, 1.82) is 0 Å². The van der Waals surface area contributed by atoms with Crippen LogP contribution in [0.1, 0.15) is 48.6 Å². The molecule has 0 bridgehead atoms. The molecular weight excluding hydrogens is 399 g/mol. The standard InChI is InChI=1S/C21H24ClFN2O2S/c22-13-19(26)25(14-15-8-10-16(23)11-9-15)20(18-7-4-12-28-18)21(27)24-17-5-2-1-3-6-17/h4,7-12,17,20H,1-3,5-6,13-14H2,(H,24,27)/t20-/m0/s1. The first kappa shape index (κ1) is 20.8. The summed E-state index contributed by atoms with van der Waals surface area (Å²) >= 11 is 7.29. The molecule has 1 aliphatic carbocycles. The average molecular weight is 423 g/mol. The third-order valence-corrected chi connectivity index (χ3v) is 6.18. The molecule has 0 spiro atoms. The fourth-order valence-electron chi connectivity index (χ4n) is 3.58. The molecule has 1 atom stereocenters. The lowest BCUT2D eigenvalue weighted by Gasteiger charge is -2.32. The van der Waals surface area contributed by atoms with E-state index in [0.717, 1.165) is 36.1 Å². The Kier molecular flexibility index (Phi) is 7.45. The number of halogens is 2. The Labute approximate surface area is 173 Å². The molecule has 0 radical (unpaired) electrons. The zero-order valence-corrected chi connectivity index (χ0v) is 17.1. The SMILES string of the molecule is O=C(NC1CCCCC1)[C@H](c1cccs1)N(Cc1ccc(F)cc1)C(=O)CCl. The molecule has 0 unspecified atom stereocenters. The zero-order chi connectivity index (χ0) is 19.9. The maximum atomic E-state index is 13.3. The van der Waals surface area contributed by atoms with Gasteiger partial charge in [0.15, 0.2) is 0 Å². The molecule has 28 heavy (non-hydrogen) atoms. The van der Waals surface area contributed by atoms with Crippen LogP contribution < -0.4 is 5.32 Å². The van der Waals surface area contributed by atoms with E-state index in [1.54, 1.807) is 12.1 Å². The highest BCUT2D eigenvalue weighted by atomic mass is 35.5. The zero-order valence-electron chi connectivity index (χ0n) is 15.6. The highest BCUT2D eigenvalue weighted by Crippen LogP contribution is 2.29. The monoisotopic (exact) mass is 422 g/mol. The number of thiophene rings is 1. The summed E-state index contributed by atoms with van der Waals surface area (Å²) in [4.78, 5) is 28.2. The van der Waals surface area contributed by atoms with E-state index in [4.69, 9.17) is 11.6 Å². The fourth-order valence-corrected chi connectivity index (χ4v) is 4.57. The number of rotatable bonds is 7. The van der Waals surface area contributed by atoms with Gasteiger partial charge in [-0.25, -0.2) is 4.39 Å². The van der Waals surface area contributed by atoms with Gasteiger partial charge >= 0.3 is 0 Å². The molecule has 3 rings (SSSR count). The molecule has 1 fully saturated rings. The highest BCUT2D eigenvalue weighted by Gasteiger charge is 2.33. The normalized spacial score (nSPS) is 15.8. The number of alkyl halides is 1. The minimum Gasteiger partial charge on any atom is -0.351 e. The molecule has 0 aliphatic heterocycles. The Morgan fingerprint density at radius 3 is 2.50 bits per heavy atom. The third kappa shape index (κ3) is 5.32. The Balaban J connectivity index is 1.86. The van der Waals surface area contributed by atoms with Gasteiger partial charge in [0.25, 0.3) is 0 Å². The third-order valence-electron chi connectivity index (χ3n) is 5.03.